The van der Waals surface area contributed by atoms with Gasteiger partial charge in [0.05, 0.1) is 18.0 Å². The predicted octanol–water partition coefficient (Wildman–Crippen LogP) is 1.33. The van der Waals surface area contributed by atoms with Crippen LogP contribution in [0.15, 0.2) is 12.4 Å². The first kappa shape index (κ1) is 15.4. The van der Waals surface area contributed by atoms with Crippen LogP contribution in [-0.2, 0) is 11.3 Å². The molecule has 1 saturated heterocycles. The number of hydrogen-bond acceptors (Lipinski definition) is 5. The van der Waals surface area contributed by atoms with Crippen LogP contribution in [0.2, 0.25) is 0 Å². The SMILES string of the molecule is CCOCCN1CCN(Cc2cnc(C)cn2)CC1C. The topological polar surface area (TPSA) is 41.5 Å². The summed E-state index contributed by atoms with van der Waals surface area (Å²) >= 11 is 0. The van der Waals surface area contributed by atoms with Crippen molar-refractivity contribution < 1.29 is 4.74 Å². The third-order valence-electron chi connectivity index (χ3n) is 3.80. The van der Waals surface area contributed by atoms with Crippen molar-refractivity contribution in [3.05, 3.63) is 23.8 Å². The molecule has 1 fully saturated rings. The molecule has 0 bridgehead atoms. The molecule has 2 rings (SSSR count). The van der Waals surface area contributed by atoms with E-state index in [0.717, 1.165) is 57.3 Å². The first-order valence-corrected chi connectivity index (χ1v) is 7.50. The molecule has 0 aliphatic carbocycles. The van der Waals surface area contributed by atoms with Gasteiger partial charge in [-0.05, 0) is 20.8 Å². The van der Waals surface area contributed by atoms with E-state index < -0.39 is 0 Å². The van der Waals surface area contributed by atoms with Crippen molar-refractivity contribution in [3.8, 4) is 0 Å². The Morgan fingerprint density at radius 3 is 2.80 bits per heavy atom. The van der Waals surface area contributed by atoms with Gasteiger partial charge in [-0.1, -0.05) is 0 Å². The summed E-state index contributed by atoms with van der Waals surface area (Å²) in [6.45, 7) is 13.2. The van der Waals surface area contributed by atoms with Gasteiger partial charge in [0, 0.05) is 57.8 Å². The van der Waals surface area contributed by atoms with Gasteiger partial charge in [0.25, 0.3) is 0 Å². The fraction of sp³-hybridized carbons (Fsp3) is 0.733. The molecule has 0 amide bonds. The molecule has 1 aromatic heterocycles. The zero-order valence-corrected chi connectivity index (χ0v) is 12.9. The monoisotopic (exact) mass is 278 g/mol. The Morgan fingerprint density at radius 2 is 2.15 bits per heavy atom. The molecule has 1 aliphatic rings. The minimum Gasteiger partial charge on any atom is -0.380 e. The van der Waals surface area contributed by atoms with Gasteiger partial charge in [-0.15, -0.1) is 0 Å². The lowest BCUT2D eigenvalue weighted by Gasteiger charge is -2.39. The molecule has 0 saturated carbocycles. The standard InChI is InChI=1S/C15H26N4O/c1-4-20-8-7-19-6-5-18(11-14(19)3)12-15-10-16-13(2)9-17-15/h9-10,14H,4-8,11-12H2,1-3H3. The predicted molar refractivity (Wildman–Crippen MR) is 79.6 cm³/mol. The average Bonchev–Trinajstić information content (AvgIpc) is 2.44. The number of aromatic nitrogens is 2. The van der Waals surface area contributed by atoms with E-state index in [-0.39, 0.29) is 0 Å². The van der Waals surface area contributed by atoms with E-state index in [2.05, 4.69) is 26.7 Å². The molecular weight excluding hydrogens is 252 g/mol. The zero-order chi connectivity index (χ0) is 14.4. The number of piperazine rings is 1. The van der Waals surface area contributed by atoms with Crippen molar-refractivity contribution in [2.24, 2.45) is 0 Å². The first-order valence-electron chi connectivity index (χ1n) is 7.50. The Balaban J connectivity index is 1.78. The van der Waals surface area contributed by atoms with Crippen LogP contribution < -0.4 is 0 Å². The maximum absolute atomic E-state index is 5.44. The average molecular weight is 278 g/mol. The van der Waals surface area contributed by atoms with E-state index in [4.69, 9.17) is 4.74 Å². The van der Waals surface area contributed by atoms with E-state index in [1.165, 1.54) is 0 Å². The van der Waals surface area contributed by atoms with Crippen molar-refractivity contribution in [2.75, 3.05) is 39.4 Å². The molecule has 1 unspecified atom stereocenters. The largest absolute Gasteiger partial charge is 0.380 e. The summed E-state index contributed by atoms with van der Waals surface area (Å²) in [7, 11) is 0. The number of hydrogen-bond donors (Lipinski definition) is 0. The van der Waals surface area contributed by atoms with Crippen LogP contribution >= 0.6 is 0 Å². The highest BCUT2D eigenvalue weighted by atomic mass is 16.5. The van der Waals surface area contributed by atoms with Crippen molar-refractivity contribution in [1.29, 1.82) is 0 Å². The molecule has 0 spiro atoms. The molecule has 1 aromatic rings. The molecule has 5 nitrogen and oxygen atoms in total. The van der Waals surface area contributed by atoms with Gasteiger partial charge in [0.1, 0.15) is 0 Å². The summed E-state index contributed by atoms with van der Waals surface area (Å²) in [5, 5.41) is 0. The molecule has 0 radical (unpaired) electrons. The molecular formula is C15H26N4O. The Bertz CT molecular complexity index is 395. The number of aryl methyl sites for hydroxylation is 1. The van der Waals surface area contributed by atoms with Crippen LogP contribution in [0, 0.1) is 6.92 Å². The number of ether oxygens (including phenoxy) is 1. The highest BCUT2D eigenvalue weighted by Crippen LogP contribution is 2.11. The Labute approximate surface area is 122 Å². The number of nitrogens with zero attached hydrogens (tertiary/aromatic N) is 4. The molecule has 2 heterocycles. The van der Waals surface area contributed by atoms with Crippen LogP contribution in [0.25, 0.3) is 0 Å². The van der Waals surface area contributed by atoms with Crippen molar-refractivity contribution in [2.45, 2.75) is 33.4 Å². The van der Waals surface area contributed by atoms with E-state index in [0.29, 0.717) is 6.04 Å². The van der Waals surface area contributed by atoms with Gasteiger partial charge >= 0.3 is 0 Å². The first-order chi connectivity index (χ1) is 9.69. The highest BCUT2D eigenvalue weighted by Gasteiger charge is 2.23. The minimum absolute atomic E-state index is 0.572. The molecule has 1 aliphatic heterocycles. The lowest BCUT2D eigenvalue weighted by molar-refractivity contribution is 0.0461. The normalized spacial score (nSPS) is 21.2. The van der Waals surface area contributed by atoms with E-state index in [9.17, 15) is 0 Å². The van der Waals surface area contributed by atoms with Gasteiger partial charge in [-0.25, -0.2) is 0 Å². The quantitative estimate of drug-likeness (QED) is 0.734. The van der Waals surface area contributed by atoms with Crippen LogP contribution in [0.4, 0.5) is 0 Å². The summed E-state index contributed by atoms with van der Waals surface area (Å²) in [4.78, 5) is 13.7. The van der Waals surface area contributed by atoms with Gasteiger partial charge in [-0.2, -0.15) is 0 Å². The van der Waals surface area contributed by atoms with Crippen molar-refractivity contribution in [3.63, 3.8) is 0 Å². The highest BCUT2D eigenvalue weighted by molar-refractivity contribution is 5.01. The van der Waals surface area contributed by atoms with Crippen LogP contribution in [0.5, 0.6) is 0 Å². The fourth-order valence-corrected chi connectivity index (χ4v) is 2.60. The smallest absolute Gasteiger partial charge is 0.0727 e. The third kappa shape index (κ3) is 4.51. The molecule has 0 aromatic carbocycles. The molecule has 1 atom stereocenters. The molecule has 5 heteroatoms. The molecule has 20 heavy (non-hydrogen) atoms. The van der Waals surface area contributed by atoms with Gasteiger partial charge in [0.2, 0.25) is 0 Å². The van der Waals surface area contributed by atoms with E-state index in [1.807, 2.05) is 26.2 Å². The maximum Gasteiger partial charge on any atom is 0.0727 e. The van der Waals surface area contributed by atoms with Crippen LogP contribution in [0.1, 0.15) is 25.2 Å². The van der Waals surface area contributed by atoms with E-state index >= 15 is 0 Å². The number of rotatable bonds is 6. The fourth-order valence-electron chi connectivity index (χ4n) is 2.60. The van der Waals surface area contributed by atoms with Crippen molar-refractivity contribution in [1.82, 2.24) is 19.8 Å². The third-order valence-corrected chi connectivity index (χ3v) is 3.80. The van der Waals surface area contributed by atoms with Crippen molar-refractivity contribution >= 4 is 0 Å². The lowest BCUT2D eigenvalue weighted by Crippen LogP contribution is -2.52. The summed E-state index contributed by atoms with van der Waals surface area (Å²) in [5.41, 5.74) is 2.04. The van der Waals surface area contributed by atoms with Gasteiger partial charge in [0.15, 0.2) is 0 Å². The second-order valence-corrected chi connectivity index (χ2v) is 5.47. The maximum atomic E-state index is 5.44. The molecule has 0 N–H and O–H groups in total. The summed E-state index contributed by atoms with van der Waals surface area (Å²) in [6.07, 6.45) is 3.73. The van der Waals surface area contributed by atoms with Gasteiger partial charge < -0.3 is 4.74 Å². The second kappa shape index (κ2) is 7.67. The zero-order valence-electron chi connectivity index (χ0n) is 12.9. The molecule has 112 valence electrons. The summed E-state index contributed by atoms with van der Waals surface area (Å²) < 4.78 is 5.44. The summed E-state index contributed by atoms with van der Waals surface area (Å²) in [5.74, 6) is 0. The Hall–Kier alpha value is -1.04. The minimum atomic E-state index is 0.572. The van der Waals surface area contributed by atoms with Crippen LogP contribution in [0.3, 0.4) is 0 Å². The van der Waals surface area contributed by atoms with Crippen LogP contribution in [-0.4, -0.2) is 65.2 Å². The Kier molecular flexibility index (Phi) is 5.88. The van der Waals surface area contributed by atoms with Gasteiger partial charge in [-0.3, -0.25) is 19.8 Å². The Morgan fingerprint density at radius 1 is 1.30 bits per heavy atom. The second-order valence-electron chi connectivity index (χ2n) is 5.47. The summed E-state index contributed by atoms with van der Waals surface area (Å²) in [6, 6.07) is 0.572. The van der Waals surface area contributed by atoms with E-state index in [1.54, 1.807) is 0 Å². The lowest BCUT2D eigenvalue weighted by atomic mass is 10.2.